The number of pyridine rings is 1. The fourth-order valence-corrected chi connectivity index (χ4v) is 12.4. The van der Waals surface area contributed by atoms with Crippen LogP contribution in [0.5, 0.6) is 0 Å². The molecule has 0 aliphatic carbocycles. The zero-order chi connectivity index (χ0) is 34.4. The summed E-state index contributed by atoms with van der Waals surface area (Å²) in [4.78, 5) is 11.5. The van der Waals surface area contributed by atoms with Gasteiger partial charge in [-0.3, -0.25) is 4.57 Å². The standard InChI is InChI=1S/C46H36N4Si/c1-33-18-16-19-34(2)45(33)49-32-40(35-20-6-3-7-21-35)47-46(49)51(36-22-8-4-9-23-36,37-24-10-5-11-25-37)44-31-17-30-43(48-44)50-41-28-14-12-26-38(41)39-27-13-15-29-42(39)50/h3-32H,1-2H3. The average Bonchev–Trinajstić information content (AvgIpc) is 3.77. The number of aromatic nitrogens is 4. The molecule has 0 aliphatic rings. The molecule has 0 fully saturated rings. The van der Waals surface area contributed by atoms with E-state index >= 15 is 0 Å². The minimum absolute atomic E-state index is 0.891. The van der Waals surface area contributed by atoms with Crippen LogP contribution < -0.4 is 21.1 Å². The lowest BCUT2D eigenvalue weighted by molar-refractivity contribution is 1.05. The Morgan fingerprint density at radius 2 is 0.980 bits per heavy atom. The fraction of sp³-hybridized carbons (Fsp3) is 0.0435. The van der Waals surface area contributed by atoms with Gasteiger partial charge in [0.1, 0.15) is 11.3 Å². The van der Waals surface area contributed by atoms with Gasteiger partial charge >= 0.3 is 0 Å². The molecule has 0 atom stereocenters. The van der Waals surface area contributed by atoms with Gasteiger partial charge < -0.3 is 4.57 Å². The molecule has 0 N–H and O–H groups in total. The summed E-state index contributed by atoms with van der Waals surface area (Å²) in [7, 11) is -3.24. The Kier molecular flexibility index (Phi) is 7.56. The van der Waals surface area contributed by atoms with Crippen LogP contribution in [0.4, 0.5) is 0 Å². The molecular weight excluding hydrogens is 637 g/mol. The monoisotopic (exact) mass is 672 g/mol. The predicted octanol–water partition coefficient (Wildman–Crippen LogP) is 8.03. The van der Waals surface area contributed by atoms with Crippen LogP contribution in [-0.4, -0.2) is 27.2 Å². The number of nitrogens with zero attached hydrogens (tertiary/aromatic N) is 4. The summed E-state index contributed by atoms with van der Waals surface area (Å²) in [5.41, 5.74) is 8.87. The molecule has 3 heterocycles. The summed E-state index contributed by atoms with van der Waals surface area (Å²) >= 11 is 0. The van der Waals surface area contributed by atoms with Gasteiger partial charge in [-0.05, 0) is 59.6 Å². The third kappa shape index (κ3) is 4.97. The molecule has 5 heteroatoms. The molecule has 0 bridgehead atoms. The first kappa shape index (κ1) is 30.7. The van der Waals surface area contributed by atoms with Gasteiger partial charge in [-0.25, -0.2) is 9.97 Å². The van der Waals surface area contributed by atoms with Gasteiger partial charge in [-0.1, -0.05) is 152 Å². The van der Waals surface area contributed by atoms with Crippen molar-refractivity contribution in [3.05, 3.63) is 193 Å². The van der Waals surface area contributed by atoms with Gasteiger partial charge in [0.05, 0.1) is 22.4 Å². The molecule has 6 aromatic carbocycles. The first-order valence-electron chi connectivity index (χ1n) is 17.4. The van der Waals surface area contributed by atoms with E-state index in [0.717, 1.165) is 44.6 Å². The Morgan fingerprint density at radius 1 is 0.471 bits per heavy atom. The summed E-state index contributed by atoms with van der Waals surface area (Å²) in [5.74, 6) is 0.891. The molecular formula is C46H36N4Si. The number of imidazole rings is 1. The minimum atomic E-state index is -3.24. The number of hydrogen-bond acceptors (Lipinski definition) is 2. The molecule has 0 amide bonds. The van der Waals surface area contributed by atoms with Crippen LogP contribution in [0.25, 0.3) is 44.6 Å². The average molecular weight is 673 g/mol. The highest BCUT2D eigenvalue weighted by molar-refractivity contribution is 7.19. The smallest absolute Gasteiger partial charge is 0.245 e. The lowest BCUT2D eigenvalue weighted by Crippen LogP contribution is -2.77. The number of para-hydroxylation sites is 3. The molecule has 0 aliphatic heterocycles. The minimum Gasteiger partial charge on any atom is -0.305 e. The van der Waals surface area contributed by atoms with Gasteiger partial charge in [0, 0.05) is 27.8 Å². The third-order valence-corrected chi connectivity index (χ3v) is 14.6. The van der Waals surface area contributed by atoms with Gasteiger partial charge in [0.2, 0.25) is 8.07 Å². The van der Waals surface area contributed by atoms with Crippen LogP contribution in [0.2, 0.25) is 0 Å². The SMILES string of the molecule is Cc1cccc(C)c1-n1cc(-c2ccccc2)nc1[Si](c1ccccc1)(c1ccccc1)c1cccc(-n2c3ccccc3c3ccccc32)n1. The van der Waals surface area contributed by atoms with Crippen molar-refractivity contribution >= 4 is 51.0 Å². The zero-order valence-corrected chi connectivity index (χ0v) is 29.6. The van der Waals surface area contributed by atoms with Crippen molar-refractivity contribution in [1.29, 1.82) is 0 Å². The van der Waals surface area contributed by atoms with Crippen molar-refractivity contribution < 1.29 is 0 Å². The van der Waals surface area contributed by atoms with Crippen molar-refractivity contribution in [2.24, 2.45) is 0 Å². The van der Waals surface area contributed by atoms with Gasteiger partial charge in [-0.2, -0.15) is 0 Å². The largest absolute Gasteiger partial charge is 0.305 e. The van der Waals surface area contributed by atoms with E-state index in [4.69, 9.17) is 9.97 Å². The van der Waals surface area contributed by atoms with Gasteiger partial charge in [-0.15, -0.1) is 0 Å². The van der Waals surface area contributed by atoms with Gasteiger partial charge in [0.15, 0.2) is 0 Å². The van der Waals surface area contributed by atoms with E-state index in [0.29, 0.717) is 0 Å². The number of hydrogen-bond donors (Lipinski definition) is 0. The molecule has 51 heavy (non-hydrogen) atoms. The van der Waals surface area contributed by atoms with Crippen molar-refractivity contribution in [2.45, 2.75) is 13.8 Å². The van der Waals surface area contributed by atoms with Crippen LogP contribution in [0, 0.1) is 13.8 Å². The molecule has 0 saturated heterocycles. The number of rotatable bonds is 7. The summed E-state index contributed by atoms with van der Waals surface area (Å²) in [6.07, 6.45) is 2.24. The maximum absolute atomic E-state index is 5.75. The molecule has 0 saturated carbocycles. The van der Waals surface area contributed by atoms with Crippen LogP contribution in [0.1, 0.15) is 11.1 Å². The quantitative estimate of drug-likeness (QED) is 0.161. The van der Waals surface area contributed by atoms with E-state index in [9.17, 15) is 0 Å². The van der Waals surface area contributed by atoms with E-state index in [2.05, 4.69) is 205 Å². The molecule has 0 spiro atoms. The lowest BCUT2D eigenvalue weighted by Gasteiger charge is -2.33. The summed E-state index contributed by atoms with van der Waals surface area (Å²) < 4.78 is 4.70. The first-order chi connectivity index (χ1) is 25.1. The Hall–Kier alpha value is -6.30. The van der Waals surface area contributed by atoms with Crippen LogP contribution >= 0.6 is 0 Å². The molecule has 9 rings (SSSR count). The number of fused-ring (bicyclic) bond motifs is 3. The van der Waals surface area contributed by atoms with Crippen molar-refractivity contribution in [3.8, 4) is 22.8 Å². The Labute approximate surface area is 299 Å². The third-order valence-electron chi connectivity index (χ3n) is 10.1. The van der Waals surface area contributed by atoms with E-state index in [-0.39, 0.29) is 0 Å². The summed E-state index contributed by atoms with van der Waals surface area (Å²) in [6, 6.07) is 62.8. The van der Waals surface area contributed by atoms with Crippen LogP contribution in [0.15, 0.2) is 182 Å². The Morgan fingerprint density at radius 3 is 1.57 bits per heavy atom. The van der Waals surface area contributed by atoms with Crippen molar-refractivity contribution in [2.75, 3.05) is 0 Å². The van der Waals surface area contributed by atoms with Gasteiger partial charge in [0.25, 0.3) is 0 Å². The lowest BCUT2D eigenvalue weighted by atomic mass is 10.1. The van der Waals surface area contributed by atoms with Crippen molar-refractivity contribution in [3.63, 3.8) is 0 Å². The topological polar surface area (TPSA) is 35.6 Å². The molecule has 3 aromatic heterocycles. The van der Waals surface area contributed by atoms with E-state index in [1.54, 1.807) is 0 Å². The van der Waals surface area contributed by atoms with Crippen molar-refractivity contribution in [1.82, 2.24) is 19.1 Å². The predicted molar refractivity (Wildman–Crippen MR) is 214 cm³/mol. The zero-order valence-electron chi connectivity index (χ0n) is 28.6. The van der Waals surface area contributed by atoms with Crippen LogP contribution in [-0.2, 0) is 0 Å². The first-order valence-corrected chi connectivity index (χ1v) is 19.4. The van der Waals surface area contributed by atoms with E-state index in [1.807, 2.05) is 0 Å². The second-order valence-corrected chi connectivity index (χ2v) is 16.8. The highest BCUT2D eigenvalue weighted by atomic mass is 28.3. The molecule has 9 aromatic rings. The maximum atomic E-state index is 5.75. The highest BCUT2D eigenvalue weighted by Gasteiger charge is 2.48. The summed E-state index contributed by atoms with van der Waals surface area (Å²) in [5, 5.41) is 5.90. The Bertz CT molecular complexity index is 2550. The summed E-state index contributed by atoms with van der Waals surface area (Å²) in [6.45, 7) is 4.40. The second-order valence-electron chi connectivity index (χ2n) is 13.2. The van der Waals surface area contributed by atoms with E-state index in [1.165, 1.54) is 32.3 Å². The van der Waals surface area contributed by atoms with E-state index < -0.39 is 8.07 Å². The highest BCUT2D eigenvalue weighted by Crippen LogP contribution is 2.31. The second kappa shape index (κ2) is 12.5. The molecule has 0 radical (unpaired) electrons. The van der Waals surface area contributed by atoms with Crippen LogP contribution in [0.3, 0.4) is 0 Å². The fourth-order valence-electron chi connectivity index (χ4n) is 7.89. The number of aryl methyl sites for hydroxylation is 2. The number of benzene rings is 6. The Balaban J connectivity index is 1.43. The maximum Gasteiger partial charge on any atom is 0.245 e. The molecule has 0 unspecified atom stereocenters. The molecule has 4 nitrogen and oxygen atoms in total. The molecule has 244 valence electrons. The normalized spacial score (nSPS) is 11.7.